The van der Waals surface area contributed by atoms with Crippen LogP contribution in [0.2, 0.25) is 0 Å². The van der Waals surface area contributed by atoms with Crippen LogP contribution in [-0.2, 0) is 11.3 Å². The number of hydrogen-bond acceptors (Lipinski definition) is 2. The minimum Gasteiger partial charge on any atom is -0.383 e. The summed E-state index contributed by atoms with van der Waals surface area (Å²) in [5, 5.41) is 4.45. The lowest BCUT2D eigenvalue weighted by Gasteiger charge is -1.98. The van der Waals surface area contributed by atoms with E-state index in [1.54, 1.807) is 7.11 Å². The van der Waals surface area contributed by atoms with Crippen molar-refractivity contribution in [3.05, 3.63) is 18.0 Å². The van der Waals surface area contributed by atoms with Crippen LogP contribution in [0.15, 0.2) is 12.3 Å². The number of ether oxygens (including phenoxy) is 1. The molecule has 0 spiro atoms. The summed E-state index contributed by atoms with van der Waals surface area (Å²) in [5.41, 5.74) is 1.26. The van der Waals surface area contributed by atoms with Crippen molar-refractivity contribution in [2.45, 2.75) is 25.3 Å². The Morgan fingerprint density at radius 3 is 3.17 bits per heavy atom. The second-order valence-corrected chi connectivity index (χ2v) is 3.27. The second kappa shape index (κ2) is 3.27. The van der Waals surface area contributed by atoms with E-state index in [0.29, 0.717) is 0 Å². The van der Waals surface area contributed by atoms with E-state index < -0.39 is 0 Å². The van der Waals surface area contributed by atoms with E-state index in [1.165, 1.54) is 18.5 Å². The van der Waals surface area contributed by atoms with Gasteiger partial charge in [-0.1, -0.05) is 0 Å². The molecular formula is C9H14N2O. The zero-order valence-corrected chi connectivity index (χ0v) is 7.36. The SMILES string of the molecule is COCCn1ccc(C2CC2)n1. The Morgan fingerprint density at radius 2 is 2.50 bits per heavy atom. The van der Waals surface area contributed by atoms with E-state index in [4.69, 9.17) is 4.74 Å². The fourth-order valence-corrected chi connectivity index (χ4v) is 1.28. The molecule has 1 heterocycles. The predicted molar refractivity (Wildman–Crippen MR) is 46.1 cm³/mol. The van der Waals surface area contributed by atoms with Crippen LogP contribution in [0.3, 0.4) is 0 Å². The molecule has 0 saturated heterocycles. The lowest BCUT2D eigenvalue weighted by atomic mass is 10.3. The predicted octanol–water partition coefficient (Wildman–Crippen LogP) is 1.41. The van der Waals surface area contributed by atoms with E-state index >= 15 is 0 Å². The first-order chi connectivity index (χ1) is 5.90. The molecule has 0 N–H and O–H groups in total. The summed E-state index contributed by atoms with van der Waals surface area (Å²) in [6.07, 6.45) is 4.68. The average Bonchev–Trinajstić information content (AvgIpc) is 2.83. The summed E-state index contributed by atoms with van der Waals surface area (Å²) >= 11 is 0. The van der Waals surface area contributed by atoms with Crippen molar-refractivity contribution in [1.82, 2.24) is 9.78 Å². The van der Waals surface area contributed by atoms with Gasteiger partial charge >= 0.3 is 0 Å². The molecule has 0 bridgehead atoms. The van der Waals surface area contributed by atoms with E-state index in [-0.39, 0.29) is 0 Å². The van der Waals surface area contributed by atoms with Crippen LogP contribution in [0.4, 0.5) is 0 Å². The normalized spacial score (nSPS) is 16.8. The minimum absolute atomic E-state index is 0.742. The molecule has 0 unspecified atom stereocenters. The van der Waals surface area contributed by atoms with Crippen molar-refractivity contribution in [2.75, 3.05) is 13.7 Å². The van der Waals surface area contributed by atoms with Gasteiger partial charge < -0.3 is 4.74 Å². The summed E-state index contributed by atoms with van der Waals surface area (Å²) < 4.78 is 6.93. The second-order valence-electron chi connectivity index (χ2n) is 3.27. The van der Waals surface area contributed by atoms with E-state index in [2.05, 4.69) is 11.2 Å². The molecule has 0 atom stereocenters. The highest BCUT2D eigenvalue weighted by molar-refractivity contribution is 5.12. The Bertz CT molecular complexity index is 253. The molecule has 1 aliphatic rings. The van der Waals surface area contributed by atoms with Gasteiger partial charge in [-0.05, 0) is 18.9 Å². The third-order valence-electron chi connectivity index (χ3n) is 2.18. The molecule has 1 fully saturated rings. The lowest BCUT2D eigenvalue weighted by molar-refractivity contribution is 0.183. The Morgan fingerprint density at radius 1 is 1.67 bits per heavy atom. The maximum absolute atomic E-state index is 4.97. The van der Waals surface area contributed by atoms with E-state index in [9.17, 15) is 0 Å². The molecule has 0 aliphatic heterocycles. The maximum Gasteiger partial charge on any atom is 0.0658 e. The van der Waals surface area contributed by atoms with Crippen molar-refractivity contribution in [2.24, 2.45) is 0 Å². The van der Waals surface area contributed by atoms with Gasteiger partial charge in [0.15, 0.2) is 0 Å². The number of methoxy groups -OCH3 is 1. The first-order valence-electron chi connectivity index (χ1n) is 4.42. The van der Waals surface area contributed by atoms with Gasteiger partial charge in [-0.3, -0.25) is 4.68 Å². The topological polar surface area (TPSA) is 27.1 Å². The van der Waals surface area contributed by atoms with Crippen molar-refractivity contribution in [1.29, 1.82) is 0 Å². The first-order valence-corrected chi connectivity index (χ1v) is 4.42. The molecule has 1 aromatic heterocycles. The molecule has 0 aromatic carbocycles. The summed E-state index contributed by atoms with van der Waals surface area (Å²) in [7, 11) is 1.71. The number of rotatable bonds is 4. The molecule has 1 aromatic rings. The van der Waals surface area contributed by atoms with Gasteiger partial charge in [-0.2, -0.15) is 5.10 Å². The van der Waals surface area contributed by atoms with Crippen molar-refractivity contribution in [3.8, 4) is 0 Å². The van der Waals surface area contributed by atoms with Crippen LogP contribution in [0.5, 0.6) is 0 Å². The average molecular weight is 166 g/mol. The van der Waals surface area contributed by atoms with Crippen LogP contribution in [0, 0.1) is 0 Å². The Hall–Kier alpha value is -0.830. The maximum atomic E-state index is 4.97. The Balaban J connectivity index is 1.93. The van der Waals surface area contributed by atoms with Crippen LogP contribution in [0.25, 0.3) is 0 Å². The lowest BCUT2D eigenvalue weighted by Crippen LogP contribution is -2.04. The highest BCUT2D eigenvalue weighted by Gasteiger charge is 2.25. The minimum atomic E-state index is 0.742. The van der Waals surface area contributed by atoms with Gasteiger partial charge in [-0.15, -0.1) is 0 Å². The molecule has 3 nitrogen and oxygen atoms in total. The number of aromatic nitrogens is 2. The number of nitrogens with zero attached hydrogens (tertiary/aromatic N) is 2. The molecule has 66 valence electrons. The van der Waals surface area contributed by atoms with E-state index in [1.807, 2.05) is 10.9 Å². The monoisotopic (exact) mass is 166 g/mol. The van der Waals surface area contributed by atoms with Crippen molar-refractivity contribution < 1.29 is 4.74 Å². The molecule has 0 amide bonds. The Kier molecular flexibility index (Phi) is 2.13. The zero-order chi connectivity index (χ0) is 8.39. The van der Waals surface area contributed by atoms with Crippen LogP contribution in [-0.4, -0.2) is 23.5 Å². The molecule has 3 heteroatoms. The summed E-state index contributed by atoms with van der Waals surface area (Å²) in [6.45, 7) is 1.61. The van der Waals surface area contributed by atoms with Gasteiger partial charge in [-0.25, -0.2) is 0 Å². The summed E-state index contributed by atoms with van der Waals surface area (Å²) in [6, 6.07) is 2.12. The van der Waals surface area contributed by atoms with Crippen LogP contribution >= 0.6 is 0 Å². The fraction of sp³-hybridized carbons (Fsp3) is 0.667. The highest BCUT2D eigenvalue weighted by Crippen LogP contribution is 2.38. The van der Waals surface area contributed by atoms with Gasteiger partial charge in [0, 0.05) is 19.2 Å². The summed E-state index contributed by atoms with van der Waals surface area (Å²) in [4.78, 5) is 0. The summed E-state index contributed by atoms with van der Waals surface area (Å²) in [5.74, 6) is 0.758. The molecule has 0 radical (unpaired) electrons. The number of hydrogen-bond donors (Lipinski definition) is 0. The standard InChI is InChI=1S/C9H14N2O/c1-12-7-6-11-5-4-9(10-11)8-2-3-8/h4-5,8H,2-3,6-7H2,1H3. The molecule has 1 saturated carbocycles. The molecule has 2 rings (SSSR count). The quantitative estimate of drug-likeness (QED) is 0.676. The molecule has 1 aliphatic carbocycles. The fourth-order valence-electron chi connectivity index (χ4n) is 1.28. The third-order valence-corrected chi connectivity index (χ3v) is 2.18. The van der Waals surface area contributed by atoms with Crippen LogP contribution in [0.1, 0.15) is 24.5 Å². The van der Waals surface area contributed by atoms with Crippen molar-refractivity contribution >= 4 is 0 Å². The van der Waals surface area contributed by atoms with Gasteiger partial charge in [0.05, 0.1) is 18.8 Å². The highest BCUT2D eigenvalue weighted by atomic mass is 16.5. The molecular weight excluding hydrogens is 152 g/mol. The van der Waals surface area contributed by atoms with Crippen LogP contribution < -0.4 is 0 Å². The zero-order valence-electron chi connectivity index (χ0n) is 7.36. The first kappa shape index (κ1) is 7.80. The molecule has 12 heavy (non-hydrogen) atoms. The third kappa shape index (κ3) is 1.67. The van der Waals surface area contributed by atoms with Gasteiger partial charge in [0.25, 0.3) is 0 Å². The van der Waals surface area contributed by atoms with Gasteiger partial charge in [0.1, 0.15) is 0 Å². The van der Waals surface area contributed by atoms with Crippen molar-refractivity contribution in [3.63, 3.8) is 0 Å². The Labute approximate surface area is 72.3 Å². The largest absolute Gasteiger partial charge is 0.383 e. The smallest absolute Gasteiger partial charge is 0.0658 e. The van der Waals surface area contributed by atoms with Gasteiger partial charge in [0.2, 0.25) is 0 Å². The van der Waals surface area contributed by atoms with E-state index in [0.717, 1.165) is 19.1 Å².